The minimum Gasteiger partial charge on any atom is -0.434 e. The van der Waals surface area contributed by atoms with Crippen LogP contribution in [0.15, 0.2) is 54.6 Å². The van der Waals surface area contributed by atoms with Gasteiger partial charge in [0.1, 0.15) is 12.3 Å². The second-order valence-electron chi connectivity index (χ2n) is 7.48. The third kappa shape index (κ3) is 4.38. The molecule has 0 saturated carbocycles. The summed E-state index contributed by atoms with van der Waals surface area (Å²) in [5.41, 5.74) is 2.12. The second-order valence-corrected chi connectivity index (χ2v) is 7.48. The van der Waals surface area contributed by atoms with Crippen LogP contribution in [0.3, 0.4) is 0 Å². The molecule has 1 aliphatic heterocycles. The fourth-order valence-electron chi connectivity index (χ4n) is 3.96. The van der Waals surface area contributed by atoms with Gasteiger partial charge in [0, 0.05) is 37.4 Å². The smallest absolute Gasteiger partial charge is 0.387 e. The van der Waals surface area contributed by atoms with Crippen LogP contribution in [0.4, 0.5) is 8.78 Å². The summed E-state index contributed by atoms with van der Waals surface area (Å²) in [7, 11) is 0. The fourth-order valence-corrected chi connectivity index (χ4v) is 3.96. The van der Waals surface area contributed by atoms with Crippen molar-refractivity contribution in [2.24, 2.45) is 0 Å². The molecule has 0 unspecified atom stereocenters. The van der Waals surface area contributed by atoms with Crippen molar-refractivity contribution in [3.63, 3.8) is 0 Å². The van der Waals surface area contributed by atoms with Gasteiger partial charge in [-0.15, -0.1) is 0 Å². The molecule has 1 aromatic heterocycles. The molecule has 2 aromatic carbocycles. The van der Waals surface area contributed by atoms with Crippen molar-refractivity contribution in [3.8, 4) is 5.75 Å². The molecule has 0 spiro atoms. The SMILES string of the molecule is Cc1cc2ccccc2n1CC(=O)N1CCN(C(=O)c2ccccc2OC(F)F)CC1. The van der Waals surface area contributed by atoms with Crippen LogP contribution in [0.5, 0.6) is 5.75 Å². The van der Waals surface area contributed by atoms with E-state index in [1.165, 1.54) is 18.2 Å². The van der Waals surface area contributed by atoms with Crippen LogP contribution in [-0.2, 0) is 11.3 Å². The molecule has 2 heterocycles. The van der Waals surface area contributed by atoms with Crippen LogP contribution in [-0.4, -0.2) is 59.0 Å². The zero-order valence-corrected chi connectivity index (χ0v) is 17.1. The lowest BCUT2D eigenvalue weighted by Crippen LogP contribution is -2.51. The highest BCUT2D eigenvalue weighted by Crippen LogP contribution is 2.23. The van der Waals surface area contributed by atoms with Gasteiger partial charge in [0.2, 0.25) is 5.91 Å². The number of carbonyl (C=O) groups excluding carboxylic acids is 2. The normalized spacial score (nSPS) is 14.3. The van der Waals surface area contributed by atoms with Crippen LogP contribution < -0.4 is 4.74 Å². The first-order chi connectivity index (χ1) is 14.9. The number of amides is 2. The molecule has 6 nitrogen and oxygen atoms in total. The van der Waals surface area contributed by atoms with Gasteiger partial charge in [-0.3, -0.25) is 9.59 Å². The van der Waals surface area contributed by atoms with E-state index in [2.05, 4.69) is 10.8 Å². The van der Waals surface area contributed by atoms with Gasteiger partial charge in [-0.05, 0) is 36.6 Å². The van der Waals surface area contributed by atoms with E-state index in [0.717, 1.165) is 16.6 Å². The Hall–Kier alpha value is -3.42. The molecule has 8 heteroatoms. The van der Waals surface area contributed by atoms with E-state index in [4.69, 9.17) is 0 Å². The van der Waals surface area contributed by atoms with E-state index < -0.39 is 6.61 Å². The number of hydrogen-bond acceptors (Lipinski definition) is 3. The highest BCUT2D eigenvalue weighted by molar-refractivity contribution is 5.97. The van der Waals surface area contributed by atoms with Crippen molar-refractivity contribution in [1.82, 2.24) is 14.4 Å². The first-order valence-electron chi connectivity index (χ1n) is 10.1. The third-order valence-electron chi connectivity index (χ3n) is 5.56. The Bertz CT molecular complexity index is 1100. The molecule has 0 radical (unpaired) electrons. The number of alkyl halides is 2. The van der Waals surface area contributed by atoms with Crippen LogP contribution in [0.2, 0.25) is 0 Å². The molecule has 31 heavy (non-hydrogen) atoms. The van der Waals surface area contributed by atoms with Crippen molar-refractivity contribution < 1.29 is 23.1 Å². The van der Waals surface area contributed by atoms with E-state index in [1.807, 2.05) is 35.8 Å². The van der Waals surface area contributed by atoms with Gasteiger partial charge in [-0.1, -0.05) is 30.3 Å². The van der Waals surface area contributed by atoms with Crippen molar-refractivity contribution in [2.45, 2.75) is 20.1 Å². The van der Waals surface area contributed by atoms with E-state index >= 15 is 0 Å². The maximum atomic E-state index is 12.9. The molecule has 1 saturated heterocycles. The molecule has 1 fully saturated rings. The molecule has 0 aliphatic carbocycles. The predicted octanol–water partition coefficient (Wildman–Crippen LogP) is 3.54. The average molecular weight is 427 g/mol. The molecule has 162 valence electrons. The largest absolute Gasteiger partial charge is 0.434 e. The highest BCUT2D eigenvalue weighted by atomic mass is 19.3. The van der Waals surface area contributed by atoms with E-state index in [-0.39, 0.29) is 29.7 Å². The maximum absolute atomic E-state index is 12.9. The van der Waals surface area contributed by atoms with Gasteiger partial charge in [-0.25, -0.2) is 0 Å². The average Bonchev–Trinajstić information content (AvgIpc) is 3.08. The van der Waals surface area contributed by atoms with E-state index in [1.54, 1.807) is 15.9 Å². The monoisotopic (exact) mass is 427 g/mol. The third-order valence-corrected chi connectivity index (χ3v) is 5.56. The van der Waals surface area contributed by atoms with Crippen LogP contribution in [0, 0.1) is 6.92 Å². The summed E-state index contributed by atoms with van der Waals surface area (Å²) in [5, 5.41) is 1.09. The summed E-state index contributed by atoms with van der Waals surface area (Å²) in [6, 6.07) is 15.9. The molecule has 0 atom stereocenters. The Balaban J connectivity index is 1.40. The minimum atomic E-state index is -3.00. The zero-order chi connectivity index (χ0) is 22.0. The van der Waals surface area contributed by atoms with Crippen molar-refractivity contribution in [2.75, 3.05) is 26.2 Å². The Morgan fingerprint density at radius 2 is 1.61 bits per heavy atom. The first kappa shape index (κ1) is 20.8. The highest BCUT2D eigenvalue weighted by Gasteiger charge is 2.27. The number of rotatable bonds is 5. The summed E-state index contributed by atoms with van der Waals surface area (Å²) in [4.78, 5) is 29.0. The molecule has 4 rings (SSSR count). The standard InChI is InChI=1S/C23H23F2N3O3/c1-16-14-17-6-2-4-8-19(17)28(16)15-21(29)26-10-12-27(13-11-26)22(30)18-7-3-5-9-20(18)31-23(24)25/h2-9,14,23H,10-13,15H2,1H3. The quantitative estimate of drug-likeness (QED) is 0.626. The number of carbonyl (C=O) groups is 2. The number of hydrogen-bond donors (Lipinski definition) is 0. The number of piperazine rings is 1. The molecule has 2 amide bonds. The fraction of sp³-hybridized carbons (Fsp3) is 0.304. The summed E-state index contributed by atoms with van der Waals surface area (Å²) < 4.78 is 31.7. The predicted molar refractivity (Wildman–Crippen MR) is 112 cm³/mol. The number of aryl methyl sites for hydroxylation is 1. The number of para-hydroxylation sites is 2. The molecule has 3 aromatic rings. The topological polar surface area (TPSA) is 54.8 Å². The van der Waals surface area contributed by atoms with Gasteiger partial charge in [0.05, 0.1) is 5.56 Å². The van der Waals surface area contributed by atoms with Crippen LogP contribution in [0.1, 0.15) is 16.1 Å². The van der Waals surface area contributed by atoms with E-state index in [0.29, 0.717) is 26.2 Å². The number of benzene rings is 2. The summed E-state index contributed by atoms with van der Waals surface area (Å²) >= 11 is 0. The van der Waals surface area contributed by atoms with Gasteiger partial charge >= 0.3 is 6.61 Å². The molecular formula is C23H23F2N3O3. The molecule has 1 aliphatic rings. The van der Waals surface area contributed by atoms with Crippen LogP contribution in [0.25, 0.3) is 10.9 Å². The van der Waals surface area contributed by atoms with Crippen LogP contribution >= 0.6 is 0 Å². The Labute approximate surface area is 178 Å². The van der Waals surface area contributed by atoms with Crippen molar-refractivity contribution >= 4 is 22.7 Å². The maximum Gasteiger partial charge on any atom is 0.387 e. The van der Waals surface area contributed by atoms with Crippen molar-refractivity contribution in [1.29, 1.82) is 0 Å². The number of fused-ring (bicyclic) bond motifs is 1. The summed E-state index contributed by atoms with van der Waals surface area (Å²) in [5.74, 6) is -0.537. The summed E-state index contributed by atoms with van der Waals surface area (Å²) in [6.45, 7) is 0.650. The van der Waals surface area contributed by atoms with Crippen molar-refractivity contribution in [3.05, 3.63) is 65.9 Å². The number of aromatic nitrogens is 1. The number of ether oxygens (including phenoxy) is 1. The van der Waals surface area contributed by atoms with Gasteiger partial charge in [-0.2, -0.15) is 8.78 Å². The molecule has 0 N–H and O–H groups in total. The lowest BCUT2D eigenvalue weighted by atomic mass is 10.1. The zero-order valence-electron chi connectivity index (χ0n) is 17.1. The Kier molecular flexibility index (Phi) is 5.88. The Morgan fingerprint density at radius 1 is 0.968 bits per heavy atom. The number of halogens is 2. The molecular weight excluding hydrogens is 404 g/mol. The lowest BCUT2D eigenvalue weighted by Gasteiger charge is -2.35. The van der Waals surface area contributed by atoms with E-state index in [9.17, 15) is 18.4 Å². The second kappa shape index (κ2) is 8.75. The number of nitrogens with zero attached hydrogens (tertiary/aromatic N) is 3. The minimum absolute atomic E-state index is 0.0158. The first-order valence-corrected chi connectivity index (χ1v) is 10.1. The lowest BCUT2D eigenvalue weighted by molar-refractivity contribution is -0.133. The van der Waals surface area contributed by atoms with Gasteiger partial charge < -0.3 is 19.1 Å². The van der Waals surface area contributed by atoms with Gasteiger partial charge in [0.15, 0.2) is 0 Å². The summed E-state index contributed by atoms with van der Waals surface area (Å²) in [6.07, 6.45) is 0. The van der Waals surface area contributed by atoms with Gasteiger partial charge in [0.25, 0.3) is 5.91 Å². The Morgan fingerprint density at radius 3 is 2.35 bits per heavy atom. The molecule has 0 bridgehead atoms.